The molecule has 7 nitrogen and oxygen atoms in total. The Bertz CT molecular complexity index is 555. The first kappa shape index (κ1) is 16.8. The van der Waals surface area contributed by atoms with Gasteiger partial charge in [0.15, 0.2) is 0 Å². The van der Waals surface area contributed by atoms with Gasteiger partial charge in [-0.2, -0.15) is 5.10 Å². The number of urea groups is 1. The number of nitrogens with zero attached hydrogens (tertiary/aromatic N) is 4. The van der Waals surface area contributed by atoms with Crippen LogP contribution in [0.2, 0.25) is 0 Å². The average molecular weight is 333 g/mol. The number of aromatic nitrogens is 2. The molecule has 0 bridgehead atoms. The minimum atomic E-state index is -0.0250. The van der Waals surface area contributed by atoms with Crippen molar-refractivity contribution in [1.82, 2.24) is 24.9 Å². The van der Waals surface area contributed by atoms with Crippen molar-refractivity contribution in [2.24, 2.45) is 11.8 Å². The molecule has 7 heteroatoms. The van der Waals surface area contributed by atoms with E-state index in [-0.39, 0.29) is 17.9 Å². The lowest BCUT2D eigenvalue weighted by Crippen LogP contribution is -2.44. The Kier molecular flexibility index (Phi) is 5.37. The maximum absolute atomic E-state index is 12.4. The molecule has 2 heterocycles. The summed E-state index contributed by atoms with van der Waals surface area (Å²) in [6.07, 6.45) is 6.62. The summed E-state index contributed by atoms with van der Waals surface area (Å²) in [4.78, 5) is 28.3. The summed E-state index contributed by atoms with van der Waals surface area (Å²) in [5.41, 5.74) is 0. The van der Waals surface area contributed by atoms with E-state index < -0.39 is 0 Å². The highest BCUT2D eigenvalue weighted by Gasteiger charge is 2.34. The van der Waals surface area contributed by atoms with Crippen molar-refractivity contribution < 1.29 is 9.59 Å². The molecular weight excluding hydrogens is 306 g/mol. The molecule has 1 N–H and O–H groups in total. The van der Waals surface area contributed by atoms with E-state index in [1.165, 1.54) is 0 Å². The lowest BCUT2D eigenvalue weighted by molar-refractivity contribution is -0.132. The van der Waals surface area contributed by atoms with Crippen LogP contribution in [0, 0.1) is 11.8 Å². The van der Waals surface area contributed by atoms with Crippen molar-refractivity contribution in [2.45, 2.75) is 32.7 Å². The molecule has 0 aromatic carbocycles. The summed E-state index contributed by atoms with van der Waals surface area (Å²) in [5.74, 6) is 0.854. The number of carbonyl (C=O) groups excluding carboxylic acids is 2. The molecule has 1 aliphatic carbocycles. The Balaban J connectivity index is 1.40. The summed E-state index contributed by atoms with van der Waals surface area (Å²) in [7, 11) is 0. The second kappa shape index (κ2) is 7.68. The number of hydrogen-bond donors (Lipinski definition) is 1. The van der Waals surface area contributed by atoms with E-state index in [0.29, 0.717) is 32.1 Å². The Labute approximate surface area is 143 Å². The summed E-state index contributed by atoms with van der Waals surface area (Å²) in [6, 6.07) is 1.88. The summed E-state index contributed by atoms with van der Waals surface area (Å²) in [5, 5.41) is 7.20. The smallest absolute Gasteiger partial charge is 0.317 e. The fourth-order valence-electron chi connectivity index (χ4n) is 3.10. The van der Waals surface area contributed by atoms with Crippen LogP contribution in [0.1, 0.15) is 26.2 Å². The van der Waals surface area contributed by atoms with Crippen LogP contribution in [0.15, 0.2) is 18.5 Å². The van der Waals surface area contributed by atoms with E-state index >= 15 is 0 Å². The first-order chi connectivity index (χ1) is 11.6. The minimum absolute atomic E-state index is 0.0250. The molecule has 3 rings (SSSR count). The normalized spacial score (nSPS) is 19.7. The average Bonchev–Trinajstić information content (AvgIpc) is 3.35. The van der Waals surface area contributed by atoms with E-state index in [1.54, 1.807) is 6.20 Å². The van der Waals surface area contributed by atoms with E-state index in [9.17, 15) is 9.59 Å². The number of hydrogen-bond acceptors (Lipinski definition) is 3. The quantitative estimate of drug-likeness (QED) is 0.879. The summed E-state index contributed by atoms with van der Waals surface area (Å²) < 4.78 is 1.88. The van der Waals surface area contributed by atoms with Gasteiger partial charge in [-0.1, -0.05) is 6.92 Å². The molecule has 1 aromatic heterocycles. The van der Waals surface area contributed by atoms with E-state index in [4.69, 9.17) is 0 Å². The van der Waals surface area contributed by atoms with Crippen LogP contribution in [0.5, 0.6) is 0 Å². The van der Waals surface area contributed by atoms with Crippen LogP contribution >= 0.6 is 0 Å². The standard InChI is InChI=1S/C17H27N5O2/c1-14(13-22-9-2-6-19-22)12-18-17(24)21-8-3-7-20(10-11-21)16(23)15-4-5-15/h2,6,9,14-15H,3-5,7-8,10-13H2,1H3,(H,18,24). The van der Waals surface area contributed by atoms with Crippen LogP contribution in [-0.4, -0.2) is 64.2 Å². The van der Waals surface area contributed by atoms with Gasteiger partial charge < -0.3 is 15.1 Å². The van der Waals surface area contributed by atoms with Crippen molar-refractivity contribution >= 4 is 11.9 Å². The van der Waals surface area contributed by atoms with E-state index in [2.05, 4.69) is 17.3 Å². The summed E-state index contributed by atoms with van der Waals surface area (Å²) >= 11 is 0. The molecule has 1 saturated heterocycles. The maximum Gasteiger partial charge on any atom is 0.317 e. The second-order valence-corrected chi connectivity index (χ2v) is 6.96. The molecule has 1 aliphatic heterocycles. The lowest BCUT2D eigenvalue weighted by atomic mass is 10.2. The van der Waals surface area contributed by atoms with Crippen LogP contribution in [0.4, 0.5) is 4.79 Å². The van der Waals surface area contributed by atoms with Crippen LogP contribution in [-0.2, 0) is 11.3 Å². The number of rotatable bonds is 5. The molecule has 1 unspecified atom stereocenters. The van der Waals surface area contributed by atoms with Gasteiger partial charge in [-0.15, -0.1) is 0 Å². The topological polar surface area (TPSA) is 70.5 Å². The van der Waals surface area contributed by atoms with Gasteiger partial charge in [-0.05, 0) is 31.2 Å². The first-order valence-electron chi connectivity index (χ1n) is 8.92. The predicted molar refractivity (Wildman–Crippen MR) is 90.3 cm³/mol. The van der Waals surface area contributed by atoms with Crippen LogP contribution in [0.3, 0.4) is 0 Å². The van der Waals surface area contributed by atoms with Crippen LogP contribution in [0.25, 0.3) is 0 Å². The molecule has 2 fully saturated rings. The highest BCUT2D eigenvalue weighted by atomic mass is 16.2. The first-order valence-corrected chi connectivity index (χ1v) is 8.92. The molecule has 1 atom stereocenters. The van der Waals surface area contributed by atoms with E-state index in [1.807, 2.05) is 26.7 Å². The highest BCUT2D eigenvalue weighted by molar-refractivity contribution is 5.81. The molecule has 1 aromatic rings. The van der Waals surface area contributed by atoms with Gasteiger partial charge in [0.2, 0.25) is 5.91 Å². The molecule has 24 heavy (non-hydrogen) atoms. The molecule has 0 spiro atoms. The molecule has 3 amide bonds. The Morgan fingerprint density at radius 1 is 1.21 bits per heavy atom. The monoisotopic (exact) mass is 333 g/mol. The number of nitrogens with one attached hydrogen (secondary N) is 1. The Morgan fingerprint density at radius 3 is 2.67 bits per heavy atom. The fraction of sp³-hybridized carbons (Fsp3) is 0.706. The van der Waals surface area contributed by atoms with Crippen molar-refractivity contribution in [3.05, 3.63) is 18.5 Å². The highest BCUT2D eigenvalue weighted by Crippen LogP contribution is 2.31. The second-order valence-electron chi connectivity index (χ2n) is 6.96. The predicted octanol–water partition coefficient (Wildman–Crippen LogP) is 1.17. The zero-order valence-corrected chi connectivity index (χ0v) is 14.4. The zero-order valence-electron chi connectivity index (χ0n) is 14.4. The number of amides is 3. The van der Waals surface area contributed by atoms with Crippen LogP contribution < -0.4 is 5.32 Å². The number of carbonyl (C=O) groups is 2. The molecule has 2 aliphatic rings. The van der Waals surface area contributed by atoms with Gasteiger partial charge in [0.05, 0.1) is 0 Å². The Hall–Kier alpha value is -2.05. The lowest BCUT2D eigenvalue weighted by Gasteiger charge is -2.23. The third-order valence-corrected chi connectivity index (χ3v) is 4.68. The zero-order chi connectivity index (χ0) is 16.9. The van der Waals surface area contributed by atoms with Gasteiger partial charge in [-0.3, -0.25) is 9.48 Å². The van der Waals surface area contributed by atoms with Gasteiger partial charge in [-0.25, -0.2) is 4.79 Å². The fourth-order valence-corrected chi connectivity index (χ4v) is 3.10. The van der Waals surface area contributed by atoms with Crippen molar-refractivity contribution in [2.75, 3.05) is 32.7 Å². The SMILES string of the molecule is CC(CNC(=O)N1CCCN(C(=O)C2CC2)CC1)Cn1cccn1. The summed E-state index contributed by atoms with van der Waals surface area (Å²) in [6.45, 7) is 6.28. The molecule has 1 saturated carbocycles. The molecular formula is C17H27N5O2. The largest absolute Gasteiger partial charge is 0.341 e. The van der Waals surface area contributed by atoms with Gasteiger partial charge in [0.1, 0.15) is 0 Å². The minimum Gasteiger partial charge on any atom is -0.341 e. The third kappa shape index (κ3) is 4.49. The van der Waals surface area contributed by atoms with Crippen molar-refractivity contribution in [1.29, 1.82) is 0 Å². The van der Waals surface area contributed by atoms with Gasteiger partial charge in [0, 0.05) is 57.6 Å². The maximum atomic E-state index is 12.4. The van der Waals surface area contributed by atoms with Gasteiger partial charge in [0.25, 0.3) is 0 Å². The third-order valence-electron chi connectivity index (χ3n) is 4.68. The van der Waals surface area contributed by atoms with E-state index in [0.717, 1.165) is 32.4 Å². The molecule has 132 valence electrons. The Morgan fingerprint density at radius 2 is 1.96 bits per heavy atom. The molecule has 0 radical (unpaired) electrons. The van der Waals surface area contributed by atoms with Crippen molar-refractivity contribution in [3.63, 3.8) is 0 Å². The van der Waals surface area contributed by atoms with Crippen molar-refractivity contribution in [3.8, 4) is 0 Å². The van der Waals surface area contributed by atoms with Gasteiger partial charge >= 0.3 is 6.03 Å².